The van der Waals surface area contributed by atoms with Crippen LogP contribution in [0.2, 0.25) is 5.02 Å². The topological polar surface area (TPSA) is 78.7 Å². The average Bonchev–Trinajstić information content (AvgIpc) is 3.52. The Morgan fingerprint density at radius 3 is 2.69 bits per heavy atom. The summed E-state index contributed by atoms with van der Waals surface area (Å²) in [5, 5.41) is 3.64. The van der Waals surface area contributed by atoms with Crippen LogP contribution in [0.5, 0.6) is 0 Å². The molecule has 1 heterocycles. The van der Waals surface area contributed by atoms with Crippen LogP contribution in [-0.4, -0.2) is 43.2 Å². The Kier molecular flexibility index (Phi) is 5.87. The van der Waals surface area contributed by atoms with Gasteiger partial charge in [-0.1, -0.05) is 23.7 Å². The molecule has 0 unspecified atom stereocenters. The van der Waals surface area contributed by atoms with Gasteiger partial charge in [0.05, 0.1) is 29.4 Å². The van der Waals surface area contributed by atoms with E-state index in [2.05, 4.69) is 21.2 Å². The minimum Gasteiger partial charge on any atom is -0.369 e. The largest absolute Gasteiger partial charge is 0.369 e. The molecule has 3 N–H and O–H groups in total. The van der Waals surface area contributed by atoms with Crippen molar-refractivity contribution in [3.63, 3.8) is 0 Å². The Labute approximate surface area is 179 Å². The minimum atomic E-state index is -0.391. The van der Waals surface area contributed by atoms with Crippen molar-refractivity contribution in [2.75, 3.05) is 40.5 Å². The van der Waals surface area contributed by atoms with Crippen LogP contribution < -0.4 is 20.9 Å². The van der Waals surface area contributed by atoms with Crippen molar-refractivity contribution in [3.8, 4) is 0 Å². The summed E-state index contributed by atoms with van der Waals surface area (Å²) >= 11 is 7.56. The van der Waals surface area contributed by atoms with E-state index in [1.54, 1.807) is 0 Å². The van der Waals surface area contributed by atoms with Crippen LogP contribution in [0, 0.1) is 0 Å². The van der Waals surface area contributed by atoms with Gasteiger partial charge in [-0.15, -0.1) is 11.8 Å². The molecule has 0 atom stereocenters. The number of hydrogen-bond donors (Lipinski definition) is 2. The third-order valence-electron chi connectivity index (χ3n) is 5.05. The third kappa shape index (κ3) is 4.79. The van der Waals surface area contributed by atoms with Gasteiger partial charge < -0.3 is 20.9 Å². The quantitative estimate of drug-likeness (QED) is 0.658. The highest BCUT2D eigenvalue weighted by molar-refractivity contribution is 8.00. The SMILES string of the molecule is NC(=O)CSc1ccccc1NC(=O)CN1CCN(C2CC2)c2ccc(Cl)cc21. The van der Waals surface area contributed by atoms with Crippen molar-refractivity contribution in [2.45, 2.75) is 23.8 Å². The second-order valence-electron chi connectivity index (χ2n) is 7.28. The zero-order valence-corrected chi connectivity index (χ0v) is 17.5. The lowest BCUT2D eigenvalue weighted by Gasteiger charge is -2.39. The van der Waals surface area contributed by atoms with Gasteiger partial charge in [0.15, 0.2) is 0 Å². The number of benzene rings is 2. The van der Waals surface area contributed by atoms with Gasteiger partial charge in [-0.05, 0) is 43.2 Å². The van der Waals surface area contributed by atoms with Crippen molar-refractivity contribution < 1.29 is 9.59 Å². The number of hydrogen-bond acceptors (Lipinski definition) is 5. The molecule has 8 heteroatoms. The fraction of sp³-hybridized carbons (Fsp3) is 0.333. The molecule has 29 heavy (non-hydrogen) atoms. The predicted octanol–water partition coefficient (Wildman–Crippen LogP) is 3.34. The standard InChI is InChI=1S/C21H23ClN4O2S/c22-14-5-8-17-18(11-14)25(9-10-26(17)15-6-7-15)12-21(28)24-16-3-1-2-4-19(16)29-13-20(23)27/h1-5,8,11,15H,6-7,9-10,12-13H2,(H2,23,27)(H,24,28). The van der Waals surface area contributed by atoms with Gasteiger partial charge in [0.2, 0.25) is 11.8 Å². The van der Waals surface area contributed by atoms with Crippen LogP contribution in [0.4, 0.5) is 17.1 Å². The smallest absolute Gasteiger partial charge is 0.243 e. The summed E-state index contributed by atoms with van der Waals surface area (Å²) in [7, 11) is 0. The Balaban J connectivity index is 1.47. The van der Waals surface area contributed by atoms with Crippen LogP contribution in [0.1, 0.15) is 12.8 Å². The minimum absolute atomic E-state index is 0.108. The molecule has 4 rings (SSSR count). The monoisotopic (exact) mass is 430 g/mol. The second kappa shape index (κ2) is 8.55. The number of amides is 2. The summed E-state index contributed by atoms with van der Waals surface area (Å²) in [6, 6.07) is 13.9. The molecule has 6 nitrogen and oxygen atoms in total. The van der Waals surface area contributed by atoms with E-state index < -0.39 is 5.91 Å². The summed E-state index contributed by atoms with van der Waals surface area (Å²) < 4.78 is 0. The van der Waals surface area contributed by atoms with Crippen molar-refractivity contribution in [2.24, 2.45) is 5.73 Å². The Morgan fingerprint density at radius 2 is 1.93 bits per heavy atom. The van der Waals surface area contributed by atoms with E-state index in [0.29, 0.717) is 16.8 Å². The molecule has 1 fully saturated rings. The van der Waals surface area contributed by atoms with Gasteiger partial charge in [-0.3, -0.25) is 9.59 Å². The summed E-state index contributed by atoms with van der Waals surface area (Å²) in [5.41, 5.74) is 8.08. The maximum absolute atomic E-state index is 12.8. The average molecular weight is 431 g/mol. The molecule has 0 bridgehead atoms. The lowest BCUT2D eigenvalue weighted by Crippen LogP contribution is -2.45. The normalized spacial score (nSPS) is 15.8. The predicted molar refractivity (Wildman–Crippen MR) is 119 cm³/mol. The van der Waals surface area contributed by atoms with Crippen LogP contribution in [0.25, 0.3) is 0 Å². The van der Waals surface area contributed by atoms with Gasteiger partial charge >= 0.3 is 0 Å². The van der Waals surface area contributed by atoms with Crippen LogP contribution >= 0.6 is 23.4 Å². The molecule has 0 saturated heterocycles. The lowest BCUT2D eigenvalue weighted by atomic mass is 10.1. The van der Waals surface area contributed by atoms with E-state index in [-0.39, 0.29) is 18.2 Å². The van der Waals surface area contributed by atoms with E-state index in [1.165, 1.54) is 24.6 Å². The highest BCUT2D eigenvalue weighted by atomic mass is 35.5. The molecule has 0 radical (unpaired) electrons. The van der Waals surface area contributed by atoms with E-state index in [1.807, 2.05) is 36.4 Å². The number of carbonyl (C=O) groups is 2. The number of carbonyl (C=O) groups excluding carboxylic acids is 2. The number of halogens is 1. The first kappa shape index (κ1) is 19.9. The van der Waals surface area contributed by atoms with Gasteiger partial charge in [0, 0.05) is 29.0 Å². The van der Waals surface area contributed by atoms with Gasteiger partial charge in [-0.25, -0.2) is 0 Å². The maximum atomic E-state index is 12.8. The van der Waals surface area contributed by atoms with Gasteiger partial charge in [-0.2, -0.15) is 0 Å². The fourth-order valence-corrected chi connectivity index (χ4v) is 4.51. The summed E-state index contributed by atoms with van der Waals surface area (Å²) in [6.07, 6.45) is 2.45. The maximum Gasteiger partial charge on any atom is 0.243 e. The highest BCUT2D eigenvalue weighted by Crippen LogP contribution is 2.41. The molecule has 1 aliphatic carbocycles. The highest BCUT2D eigenvalue weighted by Gasteiger charge is 2.34. The number of para-hydroxylation sites is 1. The number of nitrogens with zero attached hydrogens (tertiary/aromatic N) is 2. The molecule has 2 amide bonds. The zero-order chi connectivity index (χ0) is 20.4. The first-order valence-corrected chi connectivity index (χ1v) is 11.0. The molecule has 1 saturated carbocycles. The molecule has 2 aromatic carbocycles. The van der Waals surface area contributed by atoms with Crippen molar-refractivity contribution >= 4 is 52.2 Å². The van der Waals surface area contributed by atoms with Crippen molar-refractivity contribution in [3.05, 3.63) is 47.5 Å². The Morgan fingerprint density at radius 1 is 1.14 bits per heavy atom. The van der Waals surface area contributed by atoms with Crippen molar-refractivity contribution in [1.82, 2.24) is 0 Å². The first-order valence-electron chi connectivity index (χ1n) is 9.62. The van der Waals surface area contributed by atoms with Gasteiger partial charge in [0.25, 0.3) is 0 Å². The summed E-state index contributed by atoms with van der Waals surface area (Å²) in [4.78, 5) is 29.2. The Hall–Kier alpha value is -2.38. The molecule has 0 aromatic heterocycles. The number of nitrogens with two attached hydrogens (primary N) is 1. The molecule has 1 aliphatic heterocycles. The van der Waals surface area contributed by atoms with Crippen LogP contribution in [0.3, 0.4) is 0 Å². The third-order valence-corrected chi connectivity index (χ3v) is 6.38. The Bertz CT molecular complexity index is 935. The number of nitrogens with one attached hydrogen (secondary N) is 1. The number of thioether (sulfide) groups is 1. The number of anilines is 3. The number of primary amides is 1. The fourth-order valence-electron chi connectivity index (χ4n) is 3.60. The molecule has 152 valence electrons. The molecule has 2 aliphatic rings. The molecular formula is C21H23ClN4O2S. The summed E-state index contributed by atoms with van der Waals surface area (Å²) in [5.74, 6) is -0.330. The number of fused-ring (bicyclic) bond motifs is 1. The van der Waals surface area contributed by atoms with Crippen LogP contribution in [0.15, 0.2) is 47.4 Å². The molecule has 2 aromatic rings. The first-order chi connectivity index (χ1) is 14.0. The summed E-state index contributed by atoms with van der Waals surface area (Å²) in [6.45, 7) is 1.91. The zero-order valence-electron chi connectivity index (χ0n) is 15.9. The van der Waals surface area contributed by atoms with Gasteiger partial charge in [0.1, 0.15) is 0 Å². The molecule has 0 spiro atoms. The van der Waals surface area contributed by atoms with E-state index in [4.69, 9.17) is 17.3 Å². The lowest BCUT2D eigenvalue weighted by molar-refractivity contribution is -0.116. The van der Waals surface area contributed by atoms with E-state index in [0.717, 1.165) is 29.4 Å². The van der Waals surface area contributed by atoms with E-state index >= 15 is 0 Å². The van der Waals surface area contributed by atoms with Crippen LogP contribution in [-0.2, 0) is 9.59 Å². The van der Waals surface area contributed by atoms with E-state index in [9.17, 15) is 9.59 Å². The number of rotatable bonds is 7. The molecular weight excluding hydrogens is 408 g/mol. The second-order valence-corrected chi connectivity index (χ2v) is 8.73. The van der Waals surface area contributed by atoms with Crippen molar-refractivity contribution in [1.29, 1.82) is 0 Å².